The van der Waals surface area contributed by atoms with Crippen molar-refractivity contribution in [2.24, 2.45) is 0 Å². The van der Waals surface area contributed by atoms with Crippen molar-refractivity contribution in [2.75, 3.05) is 35.0 Å². The molecule has 3 aromatic carbocycles. The summed E-state index contributed by atoms with van der Waals surface area (Å²) in [6.07, 6.45) is 0.440. The molecule has 38 heavy (non-hydrogen) atoms. The maximum Gasteiger partial charge on any atom is 0.295 e. The quantitative estimate of drug-likeness (QED) is 0.212. The minimum atomic E-state index is -0.835. The molecule has 1 N–H and O–H groups in total. The van der Waals surface area contributed by atoms with E-state index in [2.05, 4.69) is 15.9 Å². The number of ketones is 1. The predicted octanol–water partition coefficient (Wildman–Crippen LogP) is 5.15. The monoisotopic (exact) mass is 581 g/mol. The van der Waals surface area contributed by atoms with Gasteiger partial charge in [-0.1, -0.05) is 40.2 Å². The van der Waals surface area contributed by atoms with Crippen molar-refractivity contribution in [3.05, 3.63) is 87.4 Å². The lowest BCUT2D eigenvalue weighted by Gasteiger charge is -2.26. The number of halogens is 1. The molecule has 0 aromatic heterocycles. The van der Waals surface area contributed by atoms with Crippen LogP contribution in [0.3, 0.4) is 0 Å². The summed E-state index contributed by atoms with van der Waals surface area (Å²) in [5.41, 5.74) is 1.93. The van der Waals surface area contributed by atoms with Gasteiger partial charge in [0.05, 0.1) is 40.1 Å². The Balaban J connectivity index is 1.79. The van der Waals surface area contributed by atoms with E-state index in [9.17, 15) is 14.7 Å². The van der Waals surface area contributed by atoms with Gasteiger partial charge in [-0.2, -0.15) is 0 Å². The largest absolute Gasteiger partial charge is 0.507 e. The van der Waals surface area contributed by atoms with E-state index in [1.807, 2.05) is 12.1 Å². The molecule has 1 atom stereocenters. The summed E-state index contributed by atoms with van der Waals surface area (Å²) in [5.74, 6) is 0.423. The number of aliphatic hydroxyl groups is 1. The van der Waals surface area contributed by atoms with Crippen LogP contribution in [0.1, 0.15) is 22.7 Å². The van der Waals surface area contributed by atoms with Crippen LogP contribution in [0.2, 0.25) is 0 Å². The number of likely N-dealkylation sites (tertiary alicyclic amines) is 1. The van der Waals surface area contributed by atoms with E-state index in [4.69, 9.17) is 18.9 Å². The van der Waals surface area contributed by atoms with Crippen molar-refractivity contribution in [3.63, 3.8) is 0 Å². The van der Waals surface area contributed by atoms with Gasteiger partial charge in [-0.3, -0.25) is 9.59 Å². The fourth-order valence-corrected chi connectivity index (χ4v) is 4.79. The average molecular weight is 582 g/mol. The highest BCUT2D eigenvalue weighted by Gasteiger charge is 2.46. The Kier molecular flexibility index (Phi) is 8.26. The Hall–Kier alpha value is -3.98. The van der Waals surface area contributed by atoms with Crippen molar-refractivity contribution in [3.8, 4) is 23.0 Å². The SMILES string of the molecule is COc1ccc(CCN2C(=O)C(=O)C(=C(O)c3ccc(Br)cc3)[C@@H]2c2ccc(OC)c(OC)c2)cc1OC. The third kappa shape index (κ3) is 5.19. The van der Waals surface area contributed by atoms with E-state index in [-0.39, 0.29) is 17.9 Å². The van der Waals surface area contributed by atoms with Gasteiger partial charge < -0.3 is 29.0 Å². The molecule has 3 aromatic rings. The number of nitrogens with zero attached hydrogens (tertiary/aromatic N) is 1. The topological polar surface area (TPSA) is 94.5 Å². The van der Waals surface area contributed by atoms with Gasteiger partial charge in [0.15, 0.2) is 23.0 Å². The van der Waals surface area contributed by atoms with Gasteiger partial charge in [0.25, 0.3) is 11.7 Å². The number of Topliss-reactive ketones (excluding diaryl/α,β-unsaturated/α-hetero) is 1. The minimum Gasteiger partial charge on any atom is -0.507 e. The molecule has 1 aliphatic heterocycles. The van der Waals surface area contributed by atoms with Crippen LogP contribution in [-0.2, 0) is 16.0 Å². The molecular weight excluding hydrogens is 554 g/mol. The fourth-order valence-electron chi connectivity index (χ4n) is 4.53. The molecule has 0 radical (unpaired) electrons. The van der Waals surface area contributed by atoms with Crippen LogP contribution >= 0.6 is 15.9 Å². The van der Waals surface area contributed by atoms with Crippen LogP contribution in [-0.4, -0.2) is 56.7 Å². The van der Waals surface area contributed by atoms with Crippen LogP contribution in [0.5, 0.6) is 23.0 Å². The number of amides is 1. The molecule has 1 amide bonds. The summed E-state index contributed by atoms with van der Waals surface area (Å²) in [6, 6.07) is 16.7. The number of aliphatic hydroxyl groups excluding tert-OH is 1. The van der Waals surface area contributed by atoms with E-state index in [1.165, 1.54) is 19.1 Å². The Labute approximate surface area is 229 Å². The Morgan fingerprint density at radius 3 is 2.00 bits per heavy atom. The van der Waals surface area contributed by atoms with Crippen molar-refractivity contribution < 1.29 is 33.6 Å². The molecule has 1 saturated heterocycles. The maximum atomic E-state index is 13.3. The van der Waals surface area contributed by atoms with Crippen molar-refractivity contribution >= 4 is 33.4 Å². The first-order valence-corrected chi connectivity index (χ1v) is 12.6. The average Bonchev–Trinajstić information content (AvgIpc) is 3.20. The Morgan fingerprint density at radius 2 is 1.39 bits per heavy atom. The summed E-state index contributed by atoms with van der Waals surface area (Å²) in [5, 5.41) is 11.3. The van der Waals surface area contributed by atoms with Crippen LogP contribution in [0.25, 0.3) is 5.76 Å². The fraction of sp³-hybridized carbons (Fsp3) is 0.241. The number of carbonyl (C=O) groups excluding carboxylic acids is 2. The van der Waals surface area contributed by atoms with Crippen LogP contribution < -0.4 is 18.9 Å². The Bertz CT molecular complexity index is 1380. The van der Waals surface area contributed by atoms with E-state index < -0.39 is 17.7 Å². The van der Waals surface area contributed by atoms with Crippen LogP contribution in [0.15, 0.2) is 70.7 Å². The second-order valence-corrected chi connectivity index (χ2v) is 9.47. The molecule has 0 spiro atoms. The summed E-state index contributed by atoms with van der Waals surface area (Å²) in [7, 11) is 6.16. The highest BCUT2D eigenvalue weighted by molar-refractivity contribution is 9.10. The molecule has 1 aliphatic rings. The normalized spacial score (nSPS) is 16.4. The summed E-state index contributed by atoms with van der Waals surface area (Å²) in [4.78, 5) is 28.2. The zero-order chi connectivity index (χ0) is 27.4. The number of ether oxygens (including phenoxy) is 4. The van der Waals surface area contributed by atoms with Crippen LogP contribution in [0.4, 0.5) is 0 Å². The molecule has 4 rings (SSSR count). The summed E-state index contributed by atoms with van der Waals surface area (Å²) < 4.78 is 22.4. The van der Waals surface area contributed by atoms with Crippen molar-refractivity contribution in [2.45, 2.75) is 12.5 Å². The van der Waals surface area contributed by atoms with Gasteiger partial charge in [0.2, 0.25) is 0 Å². The molecule has 0 unspecified atom stereocenters. The number of hydrogen-bond donors (Lipinski definition) is 1. The molecular formula is C29H28BrNO7. The molecule has 0 saturated carbocycles. The second kappa shape index (κ2) is 11.6. The highest BCUT2D eigenvalue weighted by atomic mass is 79.9. The van der Waals surface area contributed by atoms with Gasteiger partial charge in [-0.05, 0) is 53.9 Å². The first-order valence-electron chi connectivity index (χ1n) is 11.8. The third-order valence-electron chi connectivity index (χ3n) is 6.47. The first-order chi connectivity index (χ1) is 18.3. The maximum absolute atomic E-state index is 13.3. The number of rotatable bonds is 9. The number of hydrogen-bond acceptors (Lipinski definition) is 7. The number of methoxy groups -OCH3 is 4. The molecule has 9 heteroatoms. The smallest absolute Gasteiger partial charge is 0.295 e. The molecule has 1 heterocycles. The highest BCUT2D eigenvalue weighted by Crippen LogP contribution is 2.42. The van der Waals surface area contributed by atoms with Gasteiger partial charge in [-0.25, -0.2) is 0 Å². The van der Waals surface area contributed by atoms with E-state index in [0.29, 0.717) is 40.5 Å². The van der Waals surface area contributed by atoms with Gasteiger partial charge in [-0.15, -0.1) is 0 Å². The molecule has 1 fully saturated rings. The van der Waals surface area contributed by atoms with E-state index in [0.717, 1.165) is 10.0 Å². The molecule has 198 valence electrons. The van der Waals surface area contributed by atoms with Gasteiger partial charge in [0.1, 0.15) is 5.76 Å². The van der Waals surface area contributed by atoms with Crippen molar-refractivity contribution in [1.29, 1.82) is 0 Å². The molecule has 0 bridgehead atoms. The molecule has 0 aliphatic carbocycles. The Morgan fingerprint density at radius 1 is 0.816 bits per heavy atom. The first kappa shape index (κ1) is 27.1. The van der Waals surface area contributed by atoms with Crippen LogP contribution in [0, 0.1) is 0 Å². The standard InChI is InChI=1S/C29H28BrNO7/c1-35-21-11-5-17(15-23(21)37-3)13-14-31-26(19-8-12-22(36-2)24(16-19)38-4)25(28(33)29(31)34)27(32)18-6-9-20(30)10-7-18/h5-12,15-16,26,32H,13-14H2,1-4H3/t26-/m0/s1. The summed E-state index contributed by atoms with van der Waals surface area (Å²) >= 11 is 3.38. The molecule has 8 nitrogen and oxygen atoms in total. The second-order valence-electron chi connectivity index (χ2n) is 8.55. The predicted molar refractivity (Wildman–Crippen MR) is 146 cm³/mol. The lowest BCUT2D eigenvalue weighted by Crippen LogP contribution is -2.31. The lowest BCUT2D eigenvalue weighted by molar-refractivity contribution is -0.139. The summed E-state index contributed by atoms with van der Waals surface area (Å²) in [6.45, 7) is 0.218. The number of carbonyl (C=O) groups is 2. The van der Waals surface area contributed by atoms with Gasteiger partial charge >= 0.3 is 0 Å². The lowest BCUT2D eigenvalue weighted by atomic mass is 9.95. The third-order valence-corrected chi connectivity index (χ3v) is 7.00. The minimum absolute atomic E-state index is 0.0110. The van der Waals surface area contributed by atoms with Crippen molar-refractivity contribution in [1.82, 2.24) is 4.90 Å². The van der Waals surface area contributed by atoms with E-state index >= 15 is 0 Å². The van der Waals surface area contributed by atoms with Gasteiger partial charge in [0, 0.05) is 16.6 Å². The van der Waals surface area contributed by atoms with E-state index in [1.54, 1.807) is 62.8 Å². The number of benzene rings is 3. The zero-order valence-electron chi connectivity index (χ0n) is 21.5. The zero-order valence-corrected chi connectivity index (χ0v) is 23.1.